The van der Waals surface area contributed by atoms with Crippen LogP contribution in [0.3, 0.4) is 0 Å². The second-order valence-corrected chi connectivity index (χ2v) is 6.77. The lowest BCUT2D eigenvalue weighted by molar-refractivity contribution is -0.138. The summed E-state index contributed by atoms with van der Waals surface area (Å²) in [6.07, 6.45) is 4.35. The molecule has 5 atom stereocenters. The third-order valence-electron chi connectivity index (χ3n) is 5.62. The number of aliphatic carboxylic acids is 1. The van der Waals surface area contributed by atoms with Crippen molar-refractivity contribution in [1.29, 1.82) is 0 Å². The molecule has 0 aromatic rings. The molecule has 1 saturated heterocycles. The highest BCUT2D eigenvalue weighted by Gasteiger charge is 2.56. The van der Waals surface area contributed by atoms with Crippen LogP contribution in [0.15, 0.2) is 0 Å². The van der Waals surface area contributed by atoms with Gasteiger partial charge in [0.25, 0.3) is 0 Å². The molecule has 2 saturated carbocycles. The second kappa shape index (κ2) is 6.88. The molecule has 5 nitrogen and oxygen atoms in total. The summed E-state index contributed by atoms with van der Waals surface area (Å²) in [5, 5.41) is 9.05. The summed E-state index contributed by atoms with van der Waals surface area (Å²) in [6.45, 7) is 2.58. The number of hydrogen-bond donors (Lipinski definition) is 1. The number of cyclic esters (lactones) is 1. The van der Waals surface area contributed by atoms with Gasteiger partial charge in [0.2, 0.25) is 0 Å². The molecular weight excluding hydrogens is 284 g/mol. The largest absolute Gasteiger partial charge is 0.509 e. The second-order valence-electron chi connectivity index (χ2n) is 6.77. The quantitative estimate of drug-likeness (QED) is 0.777. The van der Waals surface area contributed by atoms with Gasteiger partial charge in [0.1, 0.15) is 6.61 Å². The molecule has 0 bridgehead atoms. The average Bonchev–Trinajstić information content (AvgIpc) is 2.87. The van der Waals surface area contributed by atoms with E-state index in [4.69, 9.17) is 14.6 Å². The highest BCUT2D eigenvalue weighted by Crippen LogP contribution is 2.53. The van der Waals surface area contributed by atoms with Crippen LogP contribution in [-0.2, 0) is 14.3 Å². The lowest BCUT2D eigenvalue weighted by Crippen LogP contribution is -2.41. The van der Waals surface area contributed by atoms with Gasteiger partial charge in [0, 0.05) is 12.3 Å². The maximum Gasteiger partial charge on any atom is 0.509 e. The Hall–Kier alpha value is -1.26. The van der Waals surface area contributed by atoms with Gasteiger partial charge in [-0.2, -0.15) is 0 Å². The van der Waals surface area contributed by atoms with Crippen LogP contribution in [0.5, 0.6) is 0 Å². The molecule has 1 aliphatic heterocycles. The lowest BCUT2D eigenvalue weighted by atomic mass is 9.77. The lowest BCUT2D eigenvalue weighted by Gasteiger charge is -2.33. The van der Waals surface area contributed by atoms with Gasteiger partial charge in [0.05, 0.1) is 0 Å². The van der Waals surface area contributed by atoms with E-state index < -0.39 is 17.7 Å². The van der Waals surface area contributed by atoms with Gasteiger partial charge in [-0.05, 0) is 43.4 Å². The van der Waals surface area contributed by atoms with Crippen molar-refractivity contribution >= 4 is 12.1 Å². The number of hydrogen-bond acceptors (Lipinski definition) is 4. The molecule has 0 aromatic heterocycles. The molecule has 5 heteroatoms. The van der Waals surface area contributed by atoms with Crippen molar-refractivity contribution in [3.63, 3.8) is 0 Å². The van der Waals surface area contributed by atoms with Gasteiger partial charge >= 0.3 is 12.1 Å². The van der Waals surface area contributed by atoms with Crippen molar-refractivity contribution in [3.05, 3.63) is 0 Å². The molecule has 1 spiro atoms. The zero-order chi connectivity index (χ0) is 14.3. The van der Waals surface area contributed by atoms with E-state index in [-0.39, 0.29) is 27.2 Å². The fourth-order valence-corrected chi connectivity index (χ4v) is 4.60. The maximum absolute atomic E-state index is 11.4. The third-order valence-corrected chi connectivity index (χ3v) is 5.62. The predicted molar refractivity (Wildman–Crippen MR) is 83.6 cm³/mol. The van der Waals surface area contributed by atoms with E-state index in [9.17, 15) is 9.59 Å². The molecule has 3 fully saturated rings. The molecule has 3 aliphatic rings. The van der Waals surface area contributed by atoms with Crippen molar-refractivity contribution < 1.29 is 24.2 Å². The fraction of sp³-hybridized carbons (Fsp3) is 0.882. The zero-order valence-electron chi connectivity index (χ0n) is 11.8. The first-order chi connectivity index (χ1) is 9.50. The van der Waals surface area contributed by atoms with E-state index in [0.29, 0.717) is 24.4 Å². The third kappa shape index (κ3) is 3.23. The molecule has 22 heavy (non-hydrogen) atoms. The number of carboxylic acid groups (broad SMARTS) is 1. The van der Waals surface area contributed by atoms with Crippen molar-refractivity contribution in [1.82, 2.24) is 0 Å². The number of carbonyl (C=O) groups is 2. The number of fused-ring (bicyclic) bond motifs is 2. The van der Waals surface area contributed by atoms with Crippen molar-refractivity contribution in [2.24, 2.45) is 23.7 Å². The molecular formula is C17H30O5. The Balaban J connectivity index is 0.00000121. The molecule has 128 valence electrons. The normalized spacial score (nSPS) is 39.8. The van der Waals surface area contributed by atoms with Crippen LogP contribution in [0.4, 0.5) is 4.79 Å². The summed E-state index contributed by atoms with van der Waals surface area (Å²) in [5.74, 6) is 0.830. The number of ether oxygens (including phenoxy) is 2. The van der Waals surface area contributed by atoms with Gasteiger partial charge in [0.15, 0.2) is 5.60 Å². The number of carbonyl (C=O) groups excluding carboxylic acids is 1. The predicted octanol–water partition coefficient (Wildman–Crippen LogP) is 4.10. The van der Waals surface area contributed by atoms with Crippen molar-refractivity contribution in [2.75, 3.05) is 6.61 Å². The minimum absolute atomic E-state index is 0. The maximum atomic E-state index is 11.4. The Bertz CT molecular complexity index is 421. The monoisotopic (exact) mass is 314 g/mol. The molecule has 0 radical (unpaired) electrons. The molecule has 1 N–H and O–H groups in total. The highest BCUT2D eigenvalue weighted by atomic mass is 16.8. The standard InChI is InChI=1S/C15H22O5.2CH4/c1-9-2-3-12-11(9)6-10(7-13(16)17)4-5-15(12)8-19-14(18)20-15;;/h9-12H,2-8H2,1H3,(H,16,17);2*1H4/t9?,10?,11?,12?,15-;;/m1../s1. The summed E-state index contributed by atoms with van der Waals surface area (Å²) >= 11 is 0. The van der Waals surface area contributed by atoms with E-state index in [1.54, 1.807) is 0 Å². The van der Waals surface area contributed by atoms with Crippen LogP contribution in [0.25, 0.3) is 0 Å². The fourth-order valence-electron chi connectivity index (χ4n) is 4.60. The van der Waals surface area contributed by atoms with Gasteiger partial charge in [-0.15, -0.1) is 0 Å². The van der Waals surface area contributed by atoms with Gasteiger partial charge < -0.3 is 14.6 Å². The minimum Gasteiger partial charge on any atom is -0.481 e. The van der Waals surface area contributed by atoms with Gasteiger partial charge in [-0.3, -0.25) is 4.79 Å². The summed E-state index contributed by atoms with van der Waals surface area (Å²) in [4.78, 5) is 22.4. The zero-order valence-corrected chi connectivity index (χ0v) is 11.8. The molecule has 1 heterocycles. The van der Waals surface area contributed by atoms with Crippen LogP contribution < -0.4 is 0 Å². The molecule has 0 aromatic carbocycles. The van der Waals surface area contributed by atoms with E-state index in [2.05, 4.69) is 6.92 Å². The average molecular weight is 314 g/mol. The van der Waals surface area contributed by atoms with Crippen LogP contribution in [0, 0.1) is 23.7 Å². The summed E-state index contributed by atoms with van der Waals surface area (Å²) in [7, 11) is 0. The van der Waals surface area contributed by atoms with E-state index in [0.717, 1.165) is 32.1 Å². The highest BCUT2D eigenvalue weighted by molar-refractivity contribution is 5.67. The minimum atomic E-state index is -0.729. The van der Waals surface area contributed by atoms with Crippen LogP contribution in [0.2, 0.25) is 0 Å². The summed E-state index contributed by atoms with van der Waals surface area (Å²) < 4.78 is 10.7. The van der Waals surface area contributed by atoms with Gasteiger partial charge in [-0.1, -0.05) is 28.2 Å². The van der Waals surface area contributed by atoms with Crippen molar-refractivity contribution in [2.45, 2.75) is 65.9 Å². The van der Waals surface area contributed by atoms with Crippen LogP contribution in [-0.4, -0.2) is 29.4 Å². The van der Waals surface area contributed by atoms with Crippen LogP contribution in [0.1, 0.15) is 60.3 Å². The topological polar surface area (TPSA) is 72.8 Å². The Morgan fingerprint density at radius 2 is 2.05 bits per heavy atom. The first kappa shape index (κ1) is 18.8. The summed E-state index contributed by atoms with van der Waals surface area (Å²) in [6, 6.07) is 0. The Kier molecular flexibility index (Phi) is 5.88. The Morgan fingerprint density at radius 1 is 1.32 bits per heavy atom. The molecule has 0 amide bonds. The SMILES string of the molecule is C.C.CC1CCC2C1CC(CC(=O)O)CC[C@@]21COC(=O)O1. The molecule has 3 rings (SSSR count). The smallest absolute Gasteiger partial charge is 0.481 e. The van der Waals surface area contributed by atoms with Gasteiger partial charge in [-0.25, -0.2) is 4.79 Å². The summed E-state index contributed by atoms with van der Waals surface area (Å²) in [5.41, 5.74) is -0.486. The van der Waals surface area contributed by atoms with Crippen molar-refractivity contribution in [3.8, 4) is 0 Å². The van der Waals surface area contributed by atoms with Crippen LogP contribution >= 0.6 is 0 Å². The number of rotatable bonds is 2. The first-order valence-corrected chi connectivity index (χ1v) is 7.58. The Labute approximate surface area is 133 Å². The molecule has 4 unspecified atom stereocenters. The Morgan fingerprint density at radius 3 is 2.64 bits per heavy atom. The van der Waals surface area contributed by atoms with E-state index in [1.807, 2.05) is 0 Å². The number of carboxylic acids is 1. The first-order valence-electron chi connectivity index (χ1n) is 7.58. The van der Waals surface area contributed by atoms with E-state index >= 15 is 0 Å². The van der Waals surface area contributed by atoms with E-state index in [1.165, 1.54) is 0 Å². The molecule has 2 aliphatic carbocycles.